The van der Waals surface area contributed by atoms with Crippen LogP contribution in [-0.4, -0.2) is 6.18 Å². The fourth-order valence-corrected chi connectivity index (χ4v) is 3.08. The van der Waals surface area contributed by atoms with Gasteiger partial charge >= 0.3 is 6.18 Å². The van der Waals surface area contributed by atoms with Gasteiger partial charge in [0.25, 0.3) is 0 Å². The molecule has 0 unspecified atom stereocenters. The van der Waals surface area contributed by atoms with Gasteiger partial charge in [0.2, 0.25) is 0 Å². The van der Waals surface area contributed by atoms with E-state index in [2.05, 4.69) is 0 Å². The number of rotatable bonds is 3. The van der Waals surface area contributed by atoms with Crippen LogP contribution in [0.15, 0.2) is 29.3 Å². The lowest BCUT2D eigenvalue weighted by Gasteiger charge is -2.06. The fraction of sp³-hybridized carbons (Fsp3) is 0.467. The maximum absolute atomic E-state index is 13.8. The first-order valence-electron chi connectivity index (χ1n) is 6.42. The summed E-state index contributed by atoms with van der Waals surface area (Å²) in [5.74, 6) is -0.903. The van der Waals surface area contributed by atoms with Gasteiger partial charge in [-0.3, -0.25) is 0 Å². The largest absolute Gasteiger partial charge is 0.426 e. The molecule has 0 N–H and O–H groups in total. The molecule has 0 amide bonds. The molecular weight excluding hydrogens is 327 g/mol. The number of hydrogen-bond acceptors (Lipinski definition) is 0. The van der Waals surface area contributed by atoms with E-state index < -0.39 is 17.0 Å². The van der Waals surface area contributed by atoms with Gasteiger partial charge in [0.1, 0.15) is 10.8 Å². The summed E-state index contributed by atoms with van der Waals surface area (Å²) in [5.41, 5.74) is -0.0203. The number of benzene rings is 1. The average Bonchev–Trinajstić information content (AvgIpc) is 2.84. The summed E-state index contributed by atoms with van der Waals surface area (Å²) in [6.07, 6.45) is -3.22. The lowest BCUT2D eigenvalue weighted by atomic mass is 10.0. The van der Waals surface area contributed by atoms with Crippen LogP contribution < -0.4 is 0 Å². The van der Waals surface area contributed by atoms with E-state index in [1.165, 1.54) is 12.1 Å². The van der Waals surface area contributed by atoms with E-state index in [0.29, 0.717) is 17.0 Å². The number of allylic oxidation sites excluding steroid dienone is 2. The fourth-order valence-electron chi connectivity index (χ4n) is 2.71. The Hall–Kier alpha value is -0.740. The molecule has 0 spiro atoms. The molecule has 2 atom stereocenters. The van der Waals surface area contributed by atoms with Crippen molar-refractivity contribution in [3.8, 4) is 0 Å². The van der Waals surface area contributed by atoms with Crippen molar-refractivity contribution in [2.75, 3.05) is 0 Å². The van der Waals surface area contributed by atoms with Crippen molar-refractivity contribution >= 4 is 23.2 Å². The summed E-state index contributed by atoms with van der Waals surface area (Å²) in [7, 11) is 0. The molecule has 1 saturated carbocycles. The van der Waals surface area contributed by atoms with Gasteiger partial charge < -0.3 is 0 Å². The van der Waals surface area contributed by atoms with Gasteiger partial charge in [-0.25, -0.2) is 4.39 Å². The predicted octanol–water partition coefficient (Wildman–Crippen LogP) is 5.98. The van der Waals surface area contributed by atoms with Crippen LogP contribution in [-0.2, 0) is 6.42 Å². The molecule has 0 aliphatic heterocycles. The van der Waals surface area contributed by atoms with Crippen LogP contribution in [0.4, 0.5) is 17.6 Å². The van der Waals surface area contributed by atoms with Gasteiger partial charge in [-0.2, -0.15) is 13.2 Å². The van der Waals surface area contributed by atoms with Crippen LogP contribution >= 0.6 is 23.2 Å². The Morgan fingerprint density at radius 3 is 2.48 bits per heavy atom. The molecule has 1 aromatic rings. The molecule has 1 fully saturated rings. The zero-order valence-electron chi connectivity index (χ0n) is 11.4. The first-order chi connectivity index (χ1) is 9.55. The molecule has 0 radical (unpaired) electrons. The molecule has 0 bridgehead atoms. The van der Waals surface area contributed by atoms with Crippen molar-refractivity contribution < 1.29 is 17.6 Å². The van der Waals surface area contributed by atoms with Crippen molar-refractivity contribution in [1.29, 1.82) is 0 Å². The number of halogens is 6. The minimum atomic E-state index is -4.54. The van der Waals surface area contributed by atoms with E-state index in [0.717, 1.165) is 6.08 Å². The SMILES string of the molecule is CC1(C)[C@H](/C=C(\Cl)C(F)(F)F)[C@@H]1Cc1c(F)cccc1Cl. The average molecular weight is 341 g/mol. The smallest absolute Gasteiger partial charge is 0.207 e. The third-order valence-electron chi connectivity index (χ3n) is 4.22. The molecule has 0 saturated heterocycles. The van der Waals surface area contributed by atoms with Crippen molar-refractivity contribution in [1.82, 2.24) is 0 Å². The van der Waals surface area contributed by atoms with Gasteiger partial charge in [0, 0.05) is 10.6 Å². The monoisotopic (exact) mass is 340 g/mol. The minimum absolute atomic E-state index is 0.122. The highest BCUT2D eigenvalue weighted by Crippen LogP contribution is 2.61. The molecule has 2 rings (SSSR count). The van der Waals surface area contributed by atoms with E-state index in [9.17, 15) is 17.6 Å². The molecule has 6 heteroatoms. The highest BCUT2D eigenvalue weighted by atomic mass is 35.5. The number of alkyl halides is 3. The van der Waals surface area contributed by atoms with Crippen LogP contribution in [0.2, 0.25) is 5.02 Å². The van der Waals surface area contributed by atoms with Crippen molar-refractivity contribution in [2.45, 2.75) is 26.4 Å². The third-order valence-corrected chi connectivity index (χ3v) is 4.92. The molecule has 0 aromatic heterocycles. The maximum Gasteiger partial charge on any atom is 0.426 e. The second kappa shape index (κ2) is 5.47. The first kappa shape index (κ1) is 16.6. The van der Waals surface area contributed by atoms with Crippen LogP contribution in [0.5, 0.6) is 0 Å². The zero-order chi connectivity index (χ0) is 16.0. The normalized spacial score (nSPS) is 25.0. The highest BCUT2D eigenvalue weighted by Gasteiger charge is 2.57. The third kappa shape index (κ3) is 3.37. The summed E-state index contributed by atoms with van der Waals surface area (Å²) in [6, 6.07) is 4.37. The summed E-state index contributed by atoms with van der Waals surface area (Å²) < 4.78 is 51.2. The topological polar surface area (TPSA) is 0 Å². The quantitative estimate of drug-likeness (QED) is 0.594. The van der Waals surface area contributed by atoms with Crippen LogP contribution in [0.3, 0.4) is 0 Å². The van der Waals surface area contributed by atoms with Crippen molar-refractivity contribution in [3.05, 3.63) is 45.7 Å². The first-order valence-corrected chi connectivity index (χ1v) is 7.18. The molecule has 1 aliphatic carbocycles. The minimum Gasteiger partial charge on any atom is -0.207 e. The molecule has 0 nitrogen and oxygen atoms in total. The molecule has 1 aromatic carbocycles. The van der Waals surface area contributed by atoms with E-state index >= 15 is 0 Å². The molecule has 0 heterocycles. The lowest BCUT2D eigenvalue weighted by Crippen LogP contribution is -2.07. The van der Waals surface area contributed by atoms with E-state index in [1.807, 2.05) is 13.8 Å². The molecule has 116 valence electrons. The zero-order valence-corrected chi connectivity index (χ0v) is 13.0. The van der Waals surface area contributed by atoms with Gasteiger partial charge in [-0.15, -0.1) is 0 Å². The van der Waals surface area contributed by atoms with Crippen LogP contribution in [0.1, 0.15) is 19.4 Å². The second-order valence-corrected chi connectivity index (χ2v) is 6.68. The van der Waals surface area contributed by atoms with Crippen LogP contribution in [0, 0.1) is 23.1 Å². The summed E-state index contributed by atoms with van der Waals surface area (Å²) in [5, 5.41) is -0.829. The lowest BCUT2D eigenvalue weighted by molar-refractivity contribution is -0.0848. The summed E-state index contributed by atoms with van der Waals surface area (Å²) in [6.45, 7) is 3.68. The Balaban J connectivity index is 2.19. The Labute approximate surface area is 130 Å². The second-order valence-electron chi connectivity index (χ2n) is 5.87. The van der Waals surface area contributed by atoms with Gasteiger partial charge in [0.05, 0.1) is 0 Å². The van der Waals surface area contributed by atoms with E-state index in [1.54, 1.807) is 6.07 Å². The summed E-state index contributed by atoms with van der Waals surface area (Å²) >= 11 is 11.2. The van der Waals surface area contributed by atoms with E-state index in [4.69, 9.17) is 23.2 Å². The molecule has 1 aliphatic rings. The summed E-state index contributed by atoms with van der Waals surface area (Å²) in [4.78, 5) is 0. The Bertz CT molecular complexity index is 555. The Morgan fingerprint density at radius 1 is 1.33 bits per heavy atom. The van der Waals surface area contributed by atoms with Gasteiger partial charge in [-0.1, -0.05) is 49.2 Å². The van der Waals surface area contributed by atoms with Gasteiger partial charge in [0.15, 0.2) is 0 Å². The predicted molar refractivity (Wildman–Crippen MR) is 75.9 cm³/mol. The molecule has 21 heavy (non-hydrogen) atoms. The standard InChI is InChI=1S/C15H14Cl2F4/c1-14(2)9(10(14)7-13(17)15(19,20)21)6-8-11(16)4-3-5-12(8)18/h3-5,7,9-10H,6H2,1-2H3/b13-7-/t9-,10+/m0/s1. The van der Waals surface area contributed by atoms with Crippen molar-refractivity contribution in [2.24, 2.45) is 17.3 Å². The Kier molecular flexibility index (Phi) is 4.33. The highest BCUT2D eigenvalue weighted by molar-refractivity contribution is 6.31. The van der Waals surface area contributed by atoms with Crippen LogP contribution in [0.25, 0.3) is 0 Å². The Morgan fingerprint density at radius 2 is 1.95 bits per heavy atom. The number of hydrogen-bond donors (Lipinski definition) is 0. The molecular formula is C15H14Cl2F4. The maximum atomic E-state index is 13.8. The van der Waals surface area contributed by atoms with Gasteiger partial charge in [-0.05, 0) is 35.8 Å². The van der Waals surface area contributed by atoms with Crippen molar-refractivity contribution in [3.63, 3.8) is 0 Å². The van der Waals surface area contributed by atoms with E-state index in [-0.39, 0.29) is 17.3 Å².